The van der Waals surface area contributed by atoms with Gasteiger partial charge in [-0.2, -0.15) is 5.10 Å². The van der Waals surface area contributed by atoms with Gasteiger partial charge in [0.05, 0.1) is 12.6 Å². The number of nitrogens with zero attached hydrogens (tertiary/aromatic N) is 5. The maximum Gasteiger partial charge on any atom is 0.328 e. The van der Waals surface area contributed by atoms with Crippen molar-refractivity contribution < 1.29 is 14.4 Å². The first-order valence-electron chi connectivity index (χ1n) is 9.76. The molecule has 9 nitrogen and oxygen atoms in total. The number of hydrazone groups is 1. The Kier molecular flexibility index (Phi) is 5.48. The number of urea groups is 1. The summed E-state index contributed by atoms with van der Waals surface area (Å²) < 4.78 is 0. The van der Waals surface area contributed by atoms with Gasteiger partial charge in [-0.15, -0.1) is 0 Å². The van der Waals surface area contributed by atoms with Crippen molar-refractivity contribution in [2.24, 2.45) is 10.1 Å². The maximum absolute atomic E-state index is 12.5. The summed E-state index contributed by atoms with van der Waals surface area (Å²) in [5.74, 6) is -0.778. The smallest absolute Gasteiger partial charge is 0.328 e. The lowest BCUT2D eigenvalue weighted by Crippen LogP contribution is -2.64. The van der Waals surface area contributed by atoms with Gasteiger partial charge >= 0.3 is 6.03 Å². The van der Waals surface area contributed by atoms with Gasteiger partial charge in [0, 0.05) is 14.1 Å². The van der Waals surface area contributed by atoms with Crippen LogP contribution in [-0.2, 0) is 9.59 Å². The van der Waals surface area contributed by atoms with Gasteiger partial charge < -0.3 is 9.80 Å². The molecular formula is C22H22N6O3. The second kappa shape index (κ2) is 8.39. The summed E-state index contributed by atoms with van der Waals surface area (Å²) >= 11 is 0. The van der Waals surface area contributed by atoms with E-state index in [0.29, 0.717) is 0 Å². The summed E-state index contributed by atoms with van der Waals surface area (Å²) in [5, 5.41) is 4.00. The van der Waals surface area contributed by atoms with Crippen LogP contribution in [0.15, 0.2) is 64.7 Å². The normalized spacial score (nSPS) is 20.5. The molecule has 2 unspecified atom stereocenters. The molecule has 2 aromatic rings. The van der Waals surface area contributed by atoms with Crippen LogP contribution >= 0.6 is 0 Å². The van der Waals surface area contributed by atoms with Gasteiger partial charge in [0.15, 0.2) is 12.2 Å². The molecule has 0 saturated carbocycles. The number of aliphatic imine (C=N–C) groups is 1. The van der Waals surface area contributed by atoms with Crippen LogP contribution in [0.2, 0.25) is 0 Å². The highest BCUT2D eigenvalue weighted by Gasteiger charge is 2.48. The van der Waals surface area contributed by atoms with E-state index in [2.05, 4.69) is 15.5 Å². The fraction of sp³-hybridized carbons (Fsp3) is 0.227. The Hall–Kier alpha value is -4.01. The van der Waals surface area contributed by atoms with Gasteiger partial charge in [-0.3, -0.25) is 14.5 Å². The summed E-state index contributed by atoms with van der Waals surface area (Å²) in [6.45, 7) is -0.101. The predicted molar refractivity (Wildman–Crippen MR) is 116 cm³/mol. The zero-order valence-electron chi connectivity index (χ0n) is 17.2. The molecule has 0 spiro atoms. The largest absolute Gasteiger partial charge is 0.338 e. The number of rotatable bonds is 5. The van der Waals surface area contributed by atoms with E-state index in [1.165, 1.54) is 23.2 Å². The zero-order valence-corrected chi connectivity index (χ0v) is 17.2. The van der Waals surface area contributed by atoms with E-state index in [0.717, 1.165) is 21.6 Å². The molecule has 2 aromatic carbocycles. The minimum Gasteiger partial charge on any atom is -0.338 e. The quantitative estimate of drug-likeness (QED) is 0.586. The van der Waals surface area contributed by atoms with Gasteiger partial charge in [0.25, 0.3) is 11.8 Å². The van der Waals surface area contributed by atoms with E-state index in [1.54, 1.807) is 13.3 Å². The lowest BCUT2D eigenvalue weighted by Gasteiger charge is -2.39. The Balaban J connectivity index is 1.33. The minimum atomic E-state index is -0.715. The Labute approximate surface area is 179 Å². The van der Waals surface area contributed by atoms with Crippen molar-refractivity contribution in [3.8, 4) is 11.1 Å². The SMILES string of the molecule is CN1C(=O)C2C(N=CN2CC(=O)N/N=C/c2ccc(-c3ccccc3)cc2)N(C)C1=O. The molecule has 0 bridgehead atoms. The van der Waals surface area contributed by atoms with Crippen molar-refractivity contribution in [2.45, 2.75) is 12.2 Å². The van der Waals surface area contributed by atoms with E-state index in [-0.39, 0.29) is 18.4 Å². The molecule has 0 aromatic heterocycles. The number of likely N-dealkylation sites (N-methyl/N-ethyl adjacent to an activating group) is 2. The fourth-order valence-electron chi connectivity index (χ4n) is 3.61. The number of fused-ring (bicyclic) bond motifs is 1. The molecule has 2 aliphatic rings. The molecule has 4 amide bonds. The van der Waals surface area contributed by atoms with E-state index < -0.39 is 18.2 Å². The lowest BCUT2D eigenvalue weighted by molar-refractivity contribution is -0.136. The average molecular weight is 418 g/mol. The summed E-state index contributed by atoms with van der Waals surface area (Å²) in [7, 11) is 3.00. The molecule has 0 aliphatic carbocycles. The van der Waals surface area contributed by atoms with Crippen LogP contribution in [0.4, 0.5) is 4.79 Å². The minimum absolute atomic E-state index is 0.101. The topological polar surface area (TPSA) is 97.7 Å². The first-order valence-corrected chi connectivity index (χ1v) is 9.76. The van der Waals surface area contributed by atoms with E-state index >= 15 is 0 Å². The van der Waals surface area contributed by atoms with Gasteiger partial charge in [-0.25, -0.2) is 15.2 Å². The van der Waals surface area contributed by atoms with Crippen molar-refractivity contribution >= 4 is 30.4 Å². The standard InChI is InChI=1S/C22H22N6O3/c1-26-20-19(21(30)27(2)22(26)31)28(14-23-20)13-18(29)25-24-12-15-8-10-17(11-9-15)16-6-4-3-5-7-16/h3-12,14,19-20H,13H2,1-2H3,(H,25,29)/b24-12+. The first-order chi connectivity index (χ1) is 15.0. The third-order valence-corrected chi connectivity index (χ3v) is 5.32. The van der Waals surface area contributed by atoms with Crippen molar-refractivity contribution in [2.75, 3.05) is 20.6 Å². The number of imide groups is 1. The van der Waals surface area contributed by atoms with Crippen molar-refractivity contribution in [3.05, 3.63) is 60.2 Å². The van der Waals surface area contributed by atoms with Gasteiger partial charge in [0.2, 0.25) is 0 Å². The number of hydrogen-bond acceptors (Lipinski definition) is 6. The van der Waals surface area contributed by atoms with Crippen molar-refractivity contribution in [1.29, 1.82) is 0 Å². The first kappa shape index (κ1) is 20.3. The molecule has 1 N–H and O–H groups in total. The third-order valence-electron chi connectivity index (χ3n) is 5.32. The number of benzene rings is 2. The van der Waals surface area contributed by atoms with E-state index in [9.17, 15) is 14.4 Å². The Morgan fingerprint density at radius 1 is 1.06 bits per heavy atom. The van der Waals surface area contributed by atoms with Crippen LogP contribution in [0.5, 0.6) is 0 Å². The summed E-state index contributed by atoms with van der Waals surface area (Å²) in [5.41, 5.74) is 5.53. The number of carbonyl (C=O) groups is 3. The number of hydrogen-bond donors (Lipinski definition) is 1. The molecule has 4 rings (SSSR count). The maximum atomic E-state index is 12.5. The highest BCUT2D eigenvalue weighted by atomic mass is 16.2. The third kappa shape index (κ3) is 4.02. The second-order valence-corrected chi connectivity index (χ2v) is 7.37. The van der Waals surface area contributed by atoms with Crippen LogP contribution in [0.3, 0.4) is 0 Å². The number of carbonyl (C=O) groups excluding carboxylic acids is 3. The average Bonchev–Trinajstić information content (AvgIpc) is 3.21. The Morgan fingerprint density at radius 2 is 1.74 bits per heavy atom. The van der Waals surface area contributed by atoms with Crippen molar-refractivity contribution in [3.63, 3.8) is 0 Å². The molecule has 2 heterocycles. The Bertz CT molecular complexity index is 1050. The molecule has 158 valence electrons. The molecular weight excluding hydrogens is 396 g/mol. The van der Waals surface area contributed by atoms with Crippen LogP contribution in [0.1, 0.15) is 5.56 Å². The molecule has 1 saturated heterocycles. The van der Waals surface area contributed by atoms with E-state index in [4.69, 9.17) is 0 Å². The second-order valence-electron chi connectivity index (χ2n) is 7.37. The van der Waals surface area contributed by atoms with Gasteiger partial charge in [0.1, 0.15) is 6.54 Å². The Morgan fingerprint density at radius 3 is 2.45 bits per heavy atom. The molecule has 2 aliphatic heterocycles. The fourth-order valence-corrected chi connectivity index (χ4v) is 3.61. The highest BCUT2D eigenvalue weighted by molar-refractivity contribution is 6.02. The predicted octanol–water partition coefficient (Wildman–Crippen LogP) is 1.37. The zero-order chi connectivity index (χ0) is 22.0. The summed E-state index contributed by atoms with van der Waals surface area (Å²) in [6, 6.07) is 16.7. The molecule has 1 fully saturated rings. The molecule has 9 heteroatoms. The van der Waals surface area contributed by atoms with Crippen molar-refractivity contribution in [1.82, 2.24) is 20.1 Å². The van der Waals surface area contributed by atoms with Crippen LogP contribution in [-0.4, -0.2) is 77.9 Å². The van der Waals surface area contributed by atoms with E-state index in [1.807, 2.05) is 54.6 Å². The van der Waals surface area contributed by atoms with Gasteiger partial charge in [-0.1, -0.05) is 54.6 Å². The summed E-state index contributed by atoms with van der Waals surface area (Å²) in [6.07, 6.45) is 2.36. The monoisotopic (exact) mass is 418 g/mol. The van der Waals surface area contributed by atoms with Gasteiger partial charge in [-0.05, 0) is 16.7 Å². The summed E-state index contributed by atoms with van der Waals surface area (Å²) in [4.78, 5) is 45.0. The molecule has 2 atom stereocenters. The number of nitrogens with one attached hydrogen (secondary N) is 1. The van der Waals surface area contributed by atoms with Crippen LogP contribution in [0, 0.1) is 0 Å². The van der Waals surface area contributed by atoms with Crippen LogP contribution < -0.4 is 5.43 Å². The number of amides is 4. The lowest BCUT2D eigenvalue weighted by atomic mass is 10.0. The highest BCUT2D eigenvalue weighted by Crippen LogP contribution is 2.24. The van der Waals surface area contributed by atoms with Crippen LogP contribution in [0.25, 0.3) is 11.1 Å². The molecule has 31 heavy (non-hydrogen) atoms. The molecule has 0 radical (unpaired) electrons.